The molecular weight excluding hydrogens is 390 g/mol. The molecule has 1 N–H and O–H groups in total. The largest absolute Gasteiger partial charge is 0.410 e. The zero-order chi connectivity index (χ0) is 19.5. The summed E-state index contributed by atoms with van der Waals surface area (Å²) in [6, 6.07) is 2.52. The minimum atomic E-state index is -0.242. The SMILES string of the molecule is C[C@@H]1CCc2sc(-c3nnc(S[C@@H](C)C(=O)NC4CCCCCC4)o3)cc2C1. The fourth-order valence-corrected chi connectivity index (χ4v) is 5.94. The van der Waals surface area contributed by atoms with Gasteiger partial charge in [0, 0.05) is 10.9 Å². The van der Waals surface area contributed by atoms with Crippen LogP contribution in [0, 0.1) is 5.92 Å². The Morgan fingerprint density at radius 3 is 2.82 bits per heavy atom. The number of hydrogen-bond donors (Lipinski definition) is 1. The van der Waals surface area contributed by atoms with Crippen molar-refractivity contribution in [3.8, 4) is 10.8 Å². The standard InChI is InChI=1S/C21H29N3O2S2/c1-13-9-10-17-15(11-13)12-18(28-17)20-23-24-21(26-20)27-14(2)19(25)22-16-7-5-3-4-6-8-16/h12-14,16H,3-11H2,1-2H3,(H,22,25)/t13-,14+/m1/s1. The predicted octanol–water partition coefficient (Wildman–Crippen LogP) is 5.24. The highest BCUT2D eigenvalue weighted by Gasteiger charge is 2.24. The summed E-state index contributed by atoms with van der Waals surface area (Å²) in [5.41, 5.74) is 1.43. The first-order valence-corrected chi connectivity index (χ1v) is 12.2. The molecule has 2 atom stereocenters. The van der Waals surface area contributed by atoms with Crippen molar-refractivity contribution < 1.29 is 9.21 Å². The molecule has 1 amide bonds. The zero-order valence-corrected chi connectivity index (χ0v) is 18.3. The van der Waals surface area contributed by atoms with Crippen molar-refractivity contribution in [1.29, 1.82) is 0 Å². The van der Waals surface area contributed by atoms with E-state index in [0.717, 1.165) is 36.5 Å². The Morgan fingerprint density at radius 2 is 2.04 bits per heavy atom. The predicted molar refractivity (Wildman–Crippen MR) is 114 cm³/mol. The molecule has 1 fully saturated rings. The van der Waals surface area contributed by atoms with Crippen LogP contribution in [-0.4, -0.2) is 27.4 Å². The third-order valence-corrected chi connectivity index (χ3v) is 7.95. The molecule has 5 nitrogen and oxygen atoms in total. The Kier molecular flexibility index (Phi) is 6.41. The van der Waals surface area contributed by atoms with Crippen LogP contribution in [0.15, 0.2) is 15.7 Å². The van der Waals surface area contributed by atoms with Crippen molar-refractivity contribution in [2.24, 2.45) is 5.92 Å². The van der Waals surface area contributed by atoms with Crippen molar-refractivity contribution >= 4 is 29.0 Å². The van der Waals surface area contributed by atoms with E-state index in [1.807, 2.05) is 6.92 Å². The summed E-state index contributed by atoms with van der Waals surface area (Å²) in [7, 11) is 0. The molecule has 28 heavy (non-hydrogen) atoms. The minimum Gasteiger partial charge on any atom is -0.410 e. The van der Waals surface area contributed by atoms with Gasteiger partial charge in [-0.25, -0.2) is 0 Å². The van der Waals surface area contributed by atoms with E-state index in [1.165, 1.54) is 54.3 Å². The number of rotatable bonds is 5. The topological polar surface area (TPSA) is 68.0 Å². The van der Waals surface area contributed by atoms with Gasteiger partial charge in [-0.3, -0.25) is 4.79 Å². The summed E-state index contributed by atoms with van der Waals surface area (Å²) in [6.45, 7) is 4.22. The second-order valence-electron chi connectivity index (χ2n) is 8.24. The first-order valence-electron chi connectivity index (χ1n) is 10.5. The second kappa shape index (κ2) is 8.99. The molecule has 0 radical (unpaired) electrons. The molecule has 1 saturated carbocycles. The number of thioether (sulfide) groups is 1. The molecule has 152 valence electrons. The van der Waals surface area contributed by atoms with Crippen LogP contribution in [0.1, 0.15) is 69.2 Å². The van der Waals surface area contributed by atoms with Crippen LogP contribution >= 0.6 is 23.1 Å². The van der Waals surface area contributed by atoms with Crippen molar-refractivity contribution in [2.45, 2.75) is 88.1 Å². The van der Waals surface area contributed by atoms with Crippen LogP contribution in [0.3, 0.4) is 0 Å². The summed E-state index contributed by atoms with van der Waals surface area (Å²) in [5, 5.41) is 11.8. The highest BCUT2D eigenvalue weighted by molar-refractivity contribution is 8.00. The molecular formula is C21H29N3O2S2. The van der Waals surface area contributed by atoms with E-state index < -0.39 is 0 Å². The molecule has 0 bridgehead atoms. The third-order valence-electron chi connectivity index (χ3n) is 5.79. The molecule has 0 spiro atoms. The van der Waals surface area contributed by atoms with Crippen LogP contribution in [-0.2, 0) is 17.6 Å². The summed E-state index contributed by atoms with van der Waals surface area (Å²) < 4.78 is 5.88. The average Bonchev–Trinajstić information content (AvgIpc) is 3.22. The number of aromatic nitrogens is 2. The number of aryl methyl sites for hydroxylation is 1. The van der Waals surface area contributed by atoms with Gasteiger partial charge >= 0.3 is 0 Å². The van der Waals surface area contributed by atoms with Gasteiger partial charge in [-0.15, -0.1) is 21.5 Å². The molecule has 2 aromatic heterocycles. The highest BCUT2D eigenvalue weighted by Crippen LogP contribution is 2.37. The van der Waals surface area contributed by atoms with E-state index in [-0.39, 0.29) is 11.2 Å². The highest BCUT2D eigenvalue weighted by atomic mass is 32.2. The monoisotopic (exact) mass is 419 g/mol. The number of nitrogens with zero attached hydrogens (tertiary/aromatic N) is 2. The number of carbonyl (C=O) groups is 1. The number of thiophene rings is 1. The van der Waals surface area contributed by atoms with Gasteiger partial charge in [0.15, 0.2) is 0 Å². The van der Waals surface area contributed by atoms with Gasteiger partial charge in [-0.1, -0.05) is 44.4 Å². The average molecular weight is 420 g/mol. The summed E-state index contributed by atoms with van der Waals surface area (Å²) in [6.07, 6.45) is 10.7. The van der Waals surface area contributed by atoms with Crippen molar-refractivity contribution in [2.75, 3.05) is 0 Å². The lowest BCUT2D eigenvalue weighted by Gasteiger charge is -2.18. The molecule has 0 unspecified atom stereocenters. The molecule has 2 aromatic rings. The molecule has 2 heterocycles. The van der Waals surface area contributed by atoms with Gasteiger partial charge in [0.05, 0.1) is 10.1 Å². The van der Waals surface area contributed by atoms with E-state index in [9.17, 15) is 4.79 Å². The molecule has 0 aliphatic heterocycles. The zero-order valence-electron chi connectivity index (χ0n) is 16.7. The van der Waals surface area contributed by atoms with Crippen molar-refractivity contribution in [3.63, 3.8) is 0 Å². The number of carbonyl (C=O) groups excluding carboxylic acids is 1. The molecule has 2 aliphatic rings. The van der Waals surface area contributed by atoms with Gasteiger partial charge in [0.25, 0.3) is 11.1 Å². The van der Waals surface area contributed by atoms with E-state index in [4.69, 9.17) is 4.42 Å². The second-order valence-corrected chi connectivity index (χ2v) is 10.7. The fraction of sp³-hybridized carbons (Fsp3) is 0.667. The number of hydrogen-bond acceptors (Lipinski definition) is 6. The minimum absolute atomic E-state index is 0.0669. The van der Waals surface area contributed by atoms with E-state index in [0.29, 0.717) is 17.2 Å². The quantitative estimate of drug-likeness (QED) is 0.530. The molecule has 2 aliphatic carbocycles. The summed E-state index contributed by atoms with van der Waals surface area (Å²) >= 11 is 3.12. The van der Waals surface area contributed by atoms with Crippen molar-refractivity contribution in [1.82, 2.24) is 15.5 Å². The van der Waals surface area contributed by atoms with Gasteiger partial charge in [0.1, 0.15) is 0 Å². The number of fused-ring (bicyclic) bond motifs is 1. The van der Waals surface area contributed by atoms with Crippen LogP contribution in [0.25, 0.3) is 10.8 Å². The van der Waals surface area contributed by atoms with E-state index in [1.54, 1.807) is 11.3 Å². The summed E-state index contributed by atoms with van der Waals surface area (Å²) in [4.78, 5) is 15.1. The lowest BCUT2D eigenvalue weighted by atomic mass is 9.90. The third kappa shape index (κ3) is 4.79. The van der Waals surface area contributed by atoms with E-state index in [2.05, 4.69) is 28.5 Å². The van der Waals surface area contributed by atoms with Gasteiger partial charge < -0.3 is 9.73 Å². The Labute approximate surface area is 175 Å². The van der Waals surface area contributed by atoms with Crippen LogP contribution < -0.4 is 5.32 Å². The lowest BCUT2D eigenvalue weighted by molar-refractivity contribution is -0.121. The number of nitrogens with one attached hydrogen (secondary N) is 1. The van der Waals surface area contributed by atoms with Gasteiger partial charge in [0.2, 0.25) is 5.91 Å². The normalized spacial score (nSPS) is 21.7. The van der Waals surface area contributed by atoms with Crippen LogP contribution in [0.2, 0.25) is 0 Å². The first-order chi connectivity index (χ1) is 13.6. The maximum absolute atomic E-state index is 12.5. The molecule has 4 rings (SSSR count). The van der Waals surface area contributed by atoms with Crippen molar-refractivity contribution in [3.05, 3.63) is 16.5 Å². The maximum atomic E-state index is 12.5. The molecule has 0 aromatic carbocycles. The Hall–Kier alpha value is -1.34. The van der Waals surface area contributed by atoms with Crippen LogP contribution in [0.4, 0.5) is 0 Å². The molecule has 0 saturated heterocycles. The lowest BCUT2D eigenvalue weighted by Crippen LogP contribution is -2.39. The van der Waals surface area contributed by atoms with Crippen LogP contribution in [0.5, 0.6) is 0 Å². The molecule has 7 heteroatoms. The first kappa shape index (κ1) is 20.0. The maximum Gasteiger partial charge on any atom is 0.277 e. The Balaban J connectivity index is 1.36. The Morgan fingerprint density at radius 1 is 1.25 bits per heavy atom. The van der Waals surface area contributed by atoms with E-state index >= 15 is 0 Å². The summed E-state index contributed by atoms with van der Waals surface area (Å²) in [5.74, 6) is 1.39. The van der Waals surface area contributed by atoms with Gasteiger partial charge in [-0.2, -0.15) is 0 Å². The fourth-order valence-electron chi connectivity index (χ4n) is 4.12. The smallest absolute Gasteiger partial charge is 0.277 e. The Bertz CT molecular complexity index is 808. The number of amides is 1. The van der Waals surface area contributed by atoms with Gasteiger partial charge in [-0.05, 0) is 56.6 Å².